The Kier molecular flexibility index (Phi) is 64.5. The molecule has 0 amide bonds. The van der Waals surface area contributed by atoms with E-state index in [1.165, 1.54) is 109 Å². The van der Waals surface area contributed by atoms with Crippen LogP contribution in [0.15, 0.2) is 48.6 Å². The maximum absolute atomic E-state index is 13.0. The van der Waals surface area contributed by atoms with Crippen molar-refractivity contribution in [2.75, 3.05) is 39.6 Å². The predicted octanol–water partition coefficient (Wildman–Crippen LogP) is 20.6. The molecule has 0 aliphatic heterocycles. The average Bonchev–Trinajstić information content (AvgIpc) is 2.25. The van der Waals surface area contributed by atoms with Crippen molar-refractivity contribution in [2.45, 2.75) is 354 Å². The Morgan fingerprint density at radius 1 is 0.304 bits per heavy atom. The molecular formula is C73H134O17P2. The second-order valence-electron chi connectivity index (χ2n) is 24.9. The standard InChI is InChI=1S/C73H134O17P2/c1-5-9-13-17-21-25-29-32-33-36-39-42-46-50-54-58-71(76)84-64-69(90-73(78)60-56-52-48-44-40-35-31-27-23-19-15-11-7-3)66-88-92(81,82)86-62-67(74)61-85-91(79,80)87-65-68(89-72(77)59-55-51-47-43-37-28-24-20-16-12-8-4)63-83-70(75)57-53-49-45-41-38-34-30-26-22-18-14-10-6-2/h14,18,20,24,26-27,30-31,67-69,74H,5-13,15-17,19,21-23,25,28-29,32-66H2,1-4H3,(H,79,80)(H,81,82)/b18-14-,24-20-,30-26-,31-27-. The Morgan fingerprint density at radius 3 is 0.902 bits per heavy atom. The van der Waals surface area contributed by atoms with Gasteiger partial charge in [-0.25, -0.2) is 9.13 Å². The van der Waals surface area contributed by atoms with E-state index in [1.807, 2.05) is 0 Å². The maximum Gasteiger partial charge on any atom is 0.472 e. The van der Waals surface area contributed by atoms with Gasteiger partial charge in [0.15, 0.2) is 12.2 Å². The highest BCUT2D eigenvalue weighted by Gasteiger charge is 2.30. The van der Waals surface area contributed by atoms with Crippen LogP contribution in [0.2, 0.25) is 0 Å². The smallest absolute Gasteiger partial charge is 0.462 e. The zero-order valence-corrected chi connectivity index (χ0v) is 60.3. The summed E-state index contributed by atoms with van der Waals surface area (Å²) in [6.45, 7) is 4.76. The first-order valence-electron chi connectivity index (χ1n) is 36.9. The molecule has 5 atom stereocenters. The lowest BCUT2D eigenvalue weighted by Gasteiger charge is -2.21. The number of allylic oxidation sites excluding steroid dienone is 8. The molecule has 0 aromatic carbocycles. The highest BCUT2D eigenvalue weighted by Crippen LogP contribution is 2.45. The van der Waals surface area contributed by atoms with Gasteiger partial charge in [-0.1, -0.05) is 263 Å². The van der Waals surface area contributed by atoms with E-state index in [2.05, 4.69) is 76.3 Å². The van der Waals surface area contributed by atoms with Crippen LogP contribution in [0.1, 0.15) is 336 Å². The van der Waals surface area contributed by atoms with Crippen LogP contribution >= 0.6 is 15.6 Å². The van der Waals surface area contributed by atoms with Gasteiger partial charge in [0.25, 0.3) is 0 Å². The molecule has 5 unspecified atom stereocenters. The molecule has 0 saturated heterocycles. The van der Waals surface area contributed by atoms with Gasteiger partial charge in [0.2, 0.25) is 0 Å². The van der Waals surface area contributed by atoms with E-state index in [1.54, 1.807) is 0 Å². The van der Waals surface area contributed by atoms with Crippen LogP contribution in [-0.2, 0) is 65.4 Å². The van der Waals surface area contributed by atoms with Gasteiger partial charge in [-0.2, -0.15) is 0 Å². The van der Waals surface area contributed by atoms with Crippen LogP contribution in [0.4, 0.5) is 0 Å². The molecule has 3 N–H and O–H groups in total. The minimum atomic E-state index is -4.96. The maximum atomic E-state index is 13.0. The molecule has 19 heteroatoms. The monoisotopic (exact) mass is 1340 g/mol. The van der Waals surface area contributed by atoms with E-state index in [9.17, 15) is 43.2 Å². The van der Waals surface area contributed by atoms with Crippen LogP contribution in [-0.4, -0.2) is 96.7 Å². The van der Waals surface area contributed by atoms with Gasteiger partial charge in [-0.05, 0) is 96.3 Å². The zero-order valence-electron chi connectivity index (χ0n) is 58.5. The van der Waals surface area contributed by atoms with Crippen LogP contribution < -0.4 is 0 Å². The van der Waals surface area contributed by atoms with Crippen LogP contribution in [0.3, 0.4) is 0 Å². The molecule has 538 valence electrons. The number of rotatable bonds is 70. The SMILES string of the molecule is CCC/C=C\C/C=C\CCCCCCCC(=O)OCC(COP(=O)(O)OCC(O)COP(=O)(O)OCC(COC(=O)CCCCCCCCCCCCCCCCC)OC(=O)CCCCCCC/C=C\CCCCCC)OC(=O)CCCCCCC/C=C\CCCC. The number of phosphoric acid groups is 2. The molecule has 0 saturated carbocycles. The first-order chi connectivity index (χ1) is 44.7. The summed E-state index contributed by atoms with van der Waals surface area (Å²) in [4.78, 5) is 72.6. The number of aliphatic hydroxyl groups is 1. The number of hydrogen-bond acceptors (Lipinski definition) is 15. The van der Waals surface area contributed by atoms with Crippen molar-refractivity contribution >= 4 is 39.5 Å². The van der Waals surface area contributed by atoms with Gasteiger partial charge in [0, 0.05) is 25.7 Å². The molecular weight excluding hydrogens is 1210 g/mol. The number of hydrogen-bond donors (Lipinski definition) is 3. The number of carbonyl (C=O) groups excluding carboxylic acids is 4. The van der Waals surface area contributed by atoms with E-state index < -0.39 is 97.5 Å². The van der Waals surface area contributed by atoms with Gasteiger partial charge in [0.1, 0.15) is 19.3 Å². The number of aliphatic hydroxyl groups excluding tert-OH is 1. The van der Waals surface area contributed by atoms with E-state index in [-0.39, 0.29) is 25.7 Å². The summed E-state index contributed by atoms with van der Waals surface area (Å²) >= 11 is 0. The fourth-order valence-electron chi connectivity index (χ4n) is 10.1. The minimum Gasteiger partial charge on any atom is -0.462 e. The molecule has 17 nitrogen and oxygen atoms in total. The molecule has 0 radical (unpaired) electrons. The summed E-state index contributed by atoms with van der Waals surface area (Å²) in [7, 11) is -9.93. The largest absolute Gasteiger partial charge is 0.472 e. The Hall–Kier alpha value is -2.98. The number of esters is 4. The van der Waals surface area contributed by atoms with E-state index in [0.29, 0.717) is 25.7 Å². The molecule has 0 heterocycles. The molecule has 0 spiro atoms. The Balaban J connectivity index is 5.29. The molecule has 0 bridgehead atoms. The fraction of sp³-hybridized carbons (Fsp3) is 0.836. The third-order valence-corrected chi connectivity index (χ3v) is 17.6. The van der Waals surface area contributed by atoms with Crippen molar-refractivity contribution in [3.8, 4) is 0 Å². The highest BCUT2D eigenvalue weighted by molar-refractivity contribution is 7.47. The topological polar surface area (TPSA) is 237 Å². The molecule has 0 fully saturated rings. The number of phosphoric ester groups is 2. The van der Waals surface area contributed by atoms with Gasteiger partial charge in [-0.15, -0.1) is 0 Å². The quantitative estimate of drug-likeness (QED) is 0.0169. The van der Waals surface area contributed by atoms with E-state index in [4.69, 9.17) is 37.0 Å². The van der Waals surface area contributed by atoms with Gasteiger partial charge >= 0.3 is 39.5 Å². The van der Waals surface area contributed by atoms with Crippen molar-refractivity contribution in [3.05, 3.63) is 48.6 Å². The van der Waals surface area contributed by atoms with Gasteiger partial charge in [0.05, 0.1) is 26.4 Å². The Labute approximate surface area is 559 Å². The minimum absolute atomic E-state index is 0.0854. The lowest BCUT2D eigenvalue weighted by atomic mass is 10.0. The summed E-state index contributed by atoms with van der Waals surface area (Å²) in [6, 6.07) is 0. The van der Waals surface area contributed by atoms with Crippen LogP contribution in [0.25, 0.3) is 0 Å². The lowest BCUT2D eigenvalue weighted by molar-refractivity contribution is -0.161. The summed E-state index contributed by atoms with van der Waals surface area (Å²) in [5.41, 5.74) is 0. The molecule has 0 aromatic rings. The second-order valence-corrected chi connectivity index (χ2v) is 27.8. The fourth-order valence-corrected chi connectivity index (χ4v) is 11.6. The summed E-state index contributed by atoms with van der Waals surface area (Å²) < 4.78 is 68.3. The number of ether oxygens (including phenoxy) is 4. The van der Waals surface area contributed by atoms with Crippen LogP contribution in [0.5, 0.6) is 0 Å². The lowest BCUT2D eigenvalue weighted by Crippen LogP contribution is -2.30. The van der Waals surface area contributed by atoms with Crippen molar-refractivity contribution in [2.24, 2.45) is 0 Å². The molecule has 0 aliphatic rings. The van der Waals surface area contributed by atoms with Crippen LogP contribution in [0, 0.1) is 0 Å². The van der Waals surface area contributed by atoms with Crippen molar-refractivity contribution in [1.29, 1.82) is 0 Å². The van der Waals surface area contributed by atoms with E-state index >= 15 is 0 Å². The van der Waals surface area contributed by atoms with Gasteiger partial charge < -0.3 is 33.8 Å². The molecule has 92 heavy (non-hydrogen) atoms. The first kappa shape index (κ1) is 89.0. The third kappa shape index (κ3) is 65.7. The molecule has 0 aliphatic carbocycles. The highest BCUT2D eigenvalue weighted by atomic mass is 31.2. The normalized spacial score (nSPS) is 14.3. The zero-order chi connectivity index (χ0) is 67.5. The van der Waals surface area contributed by atoms with Crippen molar-refractivity contribution in [1.82, 2.24) is 0 Å². The van der Waals surface area contributed by atoms with E-state index in [0.717, 1.165) is 148 Å². The predicted molar refractivity (Wildman–Crippen MR) is 372 cm³/mol. The Morgan fingerprint density at radius 2 is 0.565 bits per heavy atom. The first-order valence-corrected chi connectivity index (χ1v) is 39.9. The van der Waals surface area contributed by atoms with Crippen molar-refractivity contribution in [3.63, 3.8) is 0 Å². The Bertz CT molecular complexity index is 1940. The average molecular weight is 1350 g/mol. The second kappa shape index (κ2) is 66.6. The summed E-state index contributed by atoms with van der Waals surface area (Å²) in [5.74, 6) is -2.18. The van der Waals surface area contributed by atoms with Gasteiger partial charge in [-0.3, -0.25) is 37.3 Å². The molecule has 0 rings (SSSR count). The summed E-state index contributed by atoms with van der Waals surface area (Å²) in [5, 5.41) is 10.6. The molecule has 0 aromatic heterocycles. The number of carbonyl (C=O) groups is 4. The van der Waals surface area contributed by atoms with Crippen molar-refractivity contribution < 1.29 is 80.2 Å². The number of unbranched alkanes of at least 4 members (excludes halogenated alkanes) is 36. The summed E-state index contributed by atoms with van der Waals surface area (Å²) in [6.07, 6.45) is 61.1. The third-order valence-electron chi connectivity index (χ3n) is 15.7.